The van der Waals surface area contributed by atoms with Crippen LogP contribution in [0.15, 0.2) is 40.1 Å². The van der Waals surface area contributed by atoms with Gasteiger partial charge in [0.1, 0.15) is 5.76 Å². The fourth-order valence-corrected chi connectivity index (χ4v) is 3.62. The first-order valence-electron chi connectivity index (χ1n) is 8.33. The van der Waals surface area contributed by atoms with Crippen LogP contribution >= 0.6 is 11.3 Å². The molecule has 25 heavy (non-hydrogen) atoms. The predicted molar refractivity (Wildman–Crippen MR) is 96.9 cm³/mol. The van der Waals surface area contributed by atoms with Crippen molar-refractivity contribution in [2.24, 2.45) is 0 Å². The van der Waals surface area contributed by atoms with Gasteiger partial charge in [-0.25, -0.2) is 4.98 Å². The van der Waals surface area contributed by atoms with E-state index < -0.39 is 0 Å². The monoisotopic (exact) mass is 356 g/mol. The molecule has 0 saturated heterocycles. The maximum atomic E-state index is 5.66. The van der Waals surface area contributed by atoms with Gasteiger partial charge in [0.2, 0.25) is 6.79 Å². The van der Waals surface area contributed by atoms with E-state index in [0.29, 0.717) is 6.79 Å². The zero-order valence-electron chi connectivity index (χ0n) is 14.3. The summed E-state index contributed by atoms with van der Waals surface area (Å²) in [6.45, 7) is 7.02. The third-order valence-corrected chi connectivity index (χ3v) is 5.08. The van der Waals surface area contributed by atoms with Crippen LogP contribution in [0.25, 0.3) is 10.8 Å². The van der Waals surface area contributed by atoms with E-state index in [1.807, 2.05) is 25.1 Å². The Morgan fingerprint density at radius 1 is 1.12 bits per heavy atom. The Balaban J connectivity index is 1.44. The van der Waals surface area contributed by atoms with Gasteiger partial charge >= 0.3 is 0 Å². The third-order valence-electron chi connectivity index (χ3n) is 4.18. The lowest BCUT2D eigenvalue weighted by Crippen LogP contribution is -2.22. The molecule has 0 spiro atoms. The highest BCUT2D eigenvalue weighted by Gasteiger charge is 2.15. The normalized spacial score (nSPS) is 12.9. The first-order chi connectivity index (χ1) is 12.2. The van der Waals surface area contributed by atoms with Crippen LogP contribution in [0.1, 0.15) is 23.9 Å². The molecule has 1 aromatic carbocycles. The number of aryl methyl sites for hydroxylation is 1. The highest BCUT2D eigenvalue weighted by atomic mass is 32.1. The molecule has 3 aromatic rings. The van der Waals surface area contributed by atoms with Crippen LogP contribution in [0.4, 0.5) is 0 Å². The Labute approximate surface area is 150 Å². The Morgan fingerprint density at radius 3 is 2.80 bits per heavy atom. The molecule has 5 nitrogen and oxygen atoms in total. The Kier molecular flexibility index (Phi) is 4.46. The van der Waals surface area contributed by atoms with Crippen LogP contribution < -0.4 is 9.47 Å². The van der Waals surface area contributed by atoms with E-state index >= 15 is 0 Å². The molecule has 4 rings (SSSR count). The largest absolute Gasteiger partial charge is 0.459 e. The van der Waals surface area contributed by atoms with Crippen molar-refractivity contribution in [3.63, 3.8) is 0 Å². The minimum Gasteiger partial charge on any atom is -0.459 e. The Morgan fingerprint density at radius 2 is 2.00 bits per heavy atom. The standard InChI is InChI=1S/C19H20N2O3S/c1-3-21(9-14-5-7-16-18(8-14)23-12-22-16)10-15-11-25-19(20-15)17-6-4-13(2)24-17/h4-8,11H,3,9-10,12H2,1-2H3. The van der Waals surface area contributed by atoms with Gasteiger partial charge in [0, 0.05) is 18.5 Å². The summed E-state index contributed by atoms with van der Waals surface area (Å²) in [5.41, 5.74) is 2.28. The molecule has 0 radical (unpaired) electrons. The van der Waals surface area contributed by atoms with Gasteiger partial charge in [-0.3, -0.25) is 4.90 Å². The first-order valence-corrected chi connectivity index (χ1v) is 9.21. The number of nitrogens with zero attached hydrogens (tertiary/aromatic N) is 2. The number of hydrogen-bond donors (Lipinski definition) is 0. The second kappa shape index (κ2) is 6.90. The Hall–Kier alpha value is -2.31. The van der Waals surface area contributed by atoms with Crippen LogP contribution in [0, 0.1) is 6.92 Å². The van der Waals surface area contributed by atoms with E-state index in [2.05, 4.69) is 29.3 Å². The topological polar surface area (TPSA) is 47.7 Å². The summed E-state index contributed by atoms with van der Waals surface area (Å²) < 4.78 is 16.5. The summed E-state index contributed by atoms with van der Waals surface area (Å²) in [6.07, 6.45) is 0. The van der Waals surface area contributed by atoms with E-state index in [9.17, 15) is 0 Å². The van der Waals surface area contributed by atoms with Crippen LogP contribution in [0.3, 0.4) is 0 Å². The van der Waals surface area contributed by atoms with Crippen LogP contribution in [-0.4, -0.2) is 23.2 Å². The highest BCUT2D eigenvalue weighted by molar-refractivity contribution is 7.13. The maximum absolute atomic E-state index is 5.66. The van der Waals surface area contributed by atoms with Gasteiger partial charge < -0.3 is 13.9 Å². The van der Waals surface area contributed by atoms with Gasteiger partial charge in [-0.05, 0) is 43.3 Å². The van der Waals surface area contributed by atoms with Crippen molar-refractivity contribution in [1.82, 2.24) is 9.88 Å². The molecular formula is C19H20N2O3S. The summed E-state index contributed by atoms with van der Waals surface area (Å²) in [4.78, 5) is 7.07. The molecule has 1 aliphatic heterocycles. The average molecular weight is 356 g/mol. The molecule has 0 atom stereocenters. The van der Waals surface area contributed by atoms with Crippen molar-refractivity contribution < 1.29 is 13.9 Å². The lowest BCUT2D eigenvalue weighted by molar-refractivity contribution is 0.174. The number of rotatable bonds is 6. The number of aromatic nitrogens is 1. The van der Waals surface area contributed by atoms with Crippen molar-refractivity contribution in [2.75, 3.05) is 13.3 Å². The molecule has 0 N–H and O–H groups in total. The average Bonchev–Trinajstić information content (AvgIpc) is 3.34. The third kappa shape index (κ3) is 3.55. The van der Waals surface area contributed by atoms with E-state index in [0.717, 1.165) is 53.4 Å². The number of benzene rings is 1. The molecule has 1 aliphatic rings. The number of thiazole rings is 1. The molecular weight excluding hydrogens is 336 g/mol. The van der Waals surface area contributed by atoms with Crippen molar-refractivity contribution in [1.29, 1.82) is 0 Å². The van der Waals surface area contributed by atoms with Gasteiger partial charge in [0.25, 0.3) is 0 Å². The quantitative estimate of drug-likeness (QED) is 0.652. The molecule has 0 aliphatic carbocycles. The van der Waals surface area contributed by atoms with Crippen LogP contribution in [0.2, 0.25) is 0 Å². The molecule has 6 heteroatoms. The molecule has 3 heterocycles. The predicted octanol–water partition coefficient (Wildman–Crippen LogP) is 4.46. The van der Waals surface area contributed by atoms with E-state index in [-0.39, 0.29) is 0 Å². The van der Waals surface area contributed by atoms with Gasteiger partial charge in [-0.15, -0.1) is 11.3 Å². The van der Waals surface area contributed by atoms with Crippen molar-refractivity contribution in [3.8, 4) is 22.3 Å². The lowest BCUT2D eigenvalue weighted by atomic mass is 10.2. The molecule has 0 bridgehead atoms. The smallest absolute Gasteiger partial charge is 0.231 e. The minimum atomic E-state index is 0.310. The van der Waals surface area contributed by atoms with Crippen molar-refractivity contribution in [2.45, 2.75) is 26.9 Å². The number of fused-ring (bicyclic) bond motifs is 1. The summed E-state index contributed by atoms with van der Waals surface area (Å²) in [6, 6.07) is 10.1. The highest BCUT2D eigenvalue weighted by Crippen LogP contribution is 2.33. The zero-order chi connectivity index (χ0) is 17.2. The second-order valence-corrected chi connectivity index (χ2v) is 6.90. The van der Waals surface area contributed by atoms with Crippen molar-refractivity contribution in [3.05, 3.63) is 52.7 Å². The maximum Gasteiger partial charge on any atom is 0.231 e. The van der Waals surface area contributed by atoms with Crippen LogP contribution in [0.5, 0.6) is 11.5 Å². The summed E-state index contributed by atoms with van der Waals surface area (Å²) in [7, 11) is 0. The minimum absolute atomic E-state index is 0.310. The lowest BCUT2D eigenvalue weighted by Gasteiger charge is -2.19. The summed E-state index contributed by atoms with van der Waals surface area (Å²) >= 11 is 1.62. The first kappa shape index (κ1) is 16.2. The molecule has 0 amide bonds. The molecule has 2 aromatic heterocycles. The van der Waals surface area contributed by atoms with E-state index in [4.69, 9.17) is 18.9 Å². The van der Waals surface area contributed by atoms with Crippen molar-refractivity contribution >= 4 is 11.3 Å². The van der Waals surface area contributed by atoms with E-state index in [1.54, 1.807) is 11.3 Å². The van der Waals surface area contributed by atoms with Crippen LogP contribution in [-0.2, 0) is 13.1 Å². The molecule has 0 fully saturated rings. The molecule has 0 unspecified atom stereocenters. The summed E-state index contributed by atoms with van der Waals surface area (Å²) in [5, 5.41) is 3.04. The molecule has 130 valence electrons. The fourth-order valence-electron chi connectivity index (χ4n) is 2.85. The SMILES string of the molecule is CCN(Cc1ccc2c(c1)OCO2)Cc1csc(-c2ccc(C)o2)n1. The number of furan rings is 1. The van der Waals surface area contributed by atoms with Gasteiger partial charge in [-0.1, -0.05) is 13.0 Å². The summed E-state index contributed by atoms with van der Waals surface area (Å²) in [5.74, 6) is 3.40. The zero-order valence-corrected chi connectivity index (χ0v) is 15.1. The second-order valence-electron chi connectivity index (χ2n) is 6.05. The fraction of sp³-hybridized carbons (Fsp3) is 0.316. The van der Waals surface area contributed by atoms with Gasteiger partial charge in [0.05, 0.1) is 5.69 Å². The number of ether oxygens (including phenoxy) is 2. The number of hydrogen-bond acceptors (Lipinski definition) is 6. The Bertz CT molecular complexity index is 871. The van der Waals surface area contributed by atoms with Gasteiger partial charge in [0.15, 0.2) is 22.3 Å². The van der Waals surface area contributed by atoms with E-state index in [1.165, 1.54) is 5.56 Å². The van der Waals surface area contributed by atoms with Gasteiger partial charge in [-0.2, -0.15) is 0 Å². The molecule has 0 saturated carbocycles.